The van der Waals surface area contributed by atoms with Gasteiger partial charge in [-0.2, -0.15) is 0 Å². The van der Waals surface area contributed by atoms with E-state index in [4.69, 9.17) is 4.74 Å². The van der Waals surface area contributed by atoms with E-state index in [0.29, 0.717) is 12.4 Å². The molecule has 0 aliphatic carbocycles. The van der Waals surface area contributed by atoms with Crippen LogP contribution in [0.4, 0.5) is 4.79 Å². The molecule has 1 heterocycles. The number of likely N-dealkylation sites (N-methyl/N-ethyl adjacent to an activating group) is 1. The van der Waals surface area contributed by atoms with Crippen molar-refractivity contribution in [2.45, 2.75) is 32.9 Å². The molecule has 0 aliphatic heterocycles. The molecule has 2 amide bonds. The van der Waals surface area contributed by atoms with E-state index in [1.807, 2.05) is 0 Å². The van der Waals surface area contributed by atoms with E-state index in [2.05, 4.69) is 10.3 Å². The van der Waals surface area contributed by atoms with Crippen molar-refractivity contribution in [1.82, 2.24) is 15.2 Å². The van der Waals surface area contributed by atoms with Crippen molar-refractivity contribution in [2.75, 3.05) is 13.7 Å². The molecule has 0 fully saturated rings. The number of carboxylic acids is 1. The maximum atomic E-state index is 12.1. The van der Waals surface area contributed by atoms with Crippen molar-refractivity contribution < 1.29 is 19.4 Å². The summed E-state index contributed by atoms with van der Waals surface area (Å²) < 4.78 is 4.95. The summed E-state index contributed by atoms with van der Waals surface area (Å²) in [6.45, 7) is 5.29. The number of hydrogen-bond acceptors (Lipinski definition) is 4. The number of rotatable bonds is 6. The number of nitrogens with zero attached hydrogens (tertiary/aromatic N) is 2. The van der Waals surface area contributed by atoms with Gasteiger partial charge in [0.2, 0.25) is 5.88 Å². The summed E-state index contributed by atoms with van der Waals surface area (Å²) in [4.78, 5) is 28.7. The normalized spacial score (nSPS) is 10.9. The second-order valence-electron chi connectivity index (χ2n) is 4.98. The third kappa shape index (κ3) is 4.08. The highest BCUT2D eigenvalue weighted by Crippen LogP contribution is 2.15. The number of pyridine rings is 1. The highest BCUT2D eigenvalue weighted by atomic mass is 16.5. The van der Waals surface area contributed by atoms with Crippen molar-refractivity contribution in [2.24, 2.45) is 0 Å². The maximum absolute atomic E-state index is 12.1. The molecule has 0 spiro atoms. The Morgan fingerprint density at radius 1 is 1.43 bits per heavy atom. The van der Waals surface area contributed by atoms with E-state index in [1.54, 1.807) is 25.3 Å². The lowest BCUT2D eigenvalue weighted by Crippen LogP contribution is -2.55. The maximum Gasteiger partial charge on any atom is 0.329 e. The number of nitrogens with one attached hydrogen (secondary N) is 1. The summed E-state index contributed by atoms with van der Waals surface area (Å²) in [6, 6.07) is 3.05. The predicted molar refractivity (Wildman–Crippen MR) is 77.1 cm³/mol. The molecule has 0 saturated heterocycles. The van der Waals surface area contributed by atoms with Crippen LogP contribution >= 0.6 is 0 Å². The van der Waals surface area contributed by atoms with Crippen LogP contribution in [0.15, 0.2) is 18.3 Å². The van der Waals surface area contributed by atoms with Crippen molar-refractivity contribution in [3.8, 4) is 5.88 Å². The standard InChI is InChI=1S/C14H21N3O4/c1-5-17(14(2,3)12(18)19)13(20)16-9-10-6-7-11(21-4)15-8-10/h6-8H,5,9H2,1-4H3,(H,16,20)(H,18,19). The lowest BCUT2D eigenvalue weighted by Gasteiger charge is -2.34. The molecule has 1 rings (SSSR count). The molecule has 7 heteroatoms. The van der Waals surface area contributed by atoms with Crippen LogP contribution in [0.25, 0.3) is 0 Å². The molecular weight excluding hydrogens is 274 g/mol. The second-order valence-corrected chi connectivity index (χ2v) is 4.98. The van der Waals surface area contributed by atoms with Crippen LogP contribution in [0.1, 0.15) is 26.3 Å². The van der Waals surface area contributed by atoms with Crippen LogP contribution in [0.2, 0.25) is 0 Å². The Morgan fingerprint density at radius 3 is 2.52 bits per heavy atom. The number of aliphatic carboxylic acids is 1. The summed E-state index contributed by atoms with van der Waals surface area (Å²) in [6.07, 6.45) is 1.59. The van der Waals surface area contributed by atoms with Crippen LogP contribution in [-0.2, 0) is 11.3 Å². The Balaban J connectivity index is 2.68. The van der Waals surface area contributed by atoms with Crippen LogP contribution in [0.3, 0.4) is 0 Å². The largest absolute Gasteiger partial charge is 0.481 e. The van der Waals surface area contributed by atoms with E-state index in [-0.39, 0.29) is 6.54 Å². The molecule has 1 aromatic rings. The zero-order chi connectivity index (χ0) is 16.0. The molecule has 2 N–H and O–H groups in total. The van der Waals surface area contributed by atoms with Gasteiger partial charge in [0.05, 0.1) is 7.11 Å². The van der Waals surface area contributed by atoms with E-state index < -0.39 is 17.5 Å². The number of methoxy groups -OCH3 is 1. The predicted octanol–water partition coefficient (Wildman–Crippen LogP) is 1.48. The lowest BCUT2D eigenvalue weighted by molar-refractivity contribution is -0.147. The first-order chi connectivity index (χ1) is 9.82. The molecule has 0 aliphatic rings. The minimum absolute atomic E-state index is 0.266. The monoisotopic (exact) mass is 295 g/mol. The van der Waals surface area contributed by atoms with Gasteiger partial charge in [-0.25, -0.2) is 14.6 Å². The van der Waals surface area contributed by atoms with Crippen molar-refractivity contribution in [3.63, 3.8) is 0 Å². The van der Waals surface area contributed by atoms with Crippen LogP contribution < -0.4 is 10.1 Å². The second kappa shape index (κ2) is 6.92. The number of aromatic nitrogens is 1. The van der Waals surface area contributed by atoms with Gasteiger partial charge in [-0.1, -0.05) is 6.07 Å². The molecule has 0 saturated carbocycles. The first-order valence-corrected chi connectivity index (χ1v) is 6.60. The van der Waals surface area contributed by atoms with Crippen molar-refractivity contribution in [1.29, 1.82) is 0 Å². The zero-order valence-electron chi connectivity index (χ0n) is 12.7. The first kappa shape index (κ1) is 16.7. The minimum Gasteiger partial charge on any atom is -0.481 e. The molecule has 0 aromatic carbocycles. The first-order valence-electron chi connectivity index (χ1n) is 6.60. The highest BCUT2D eigenvalue weighted by molar-refractivity contribution is 5.85. The summed E-state index contributed by atoms with van der Waals surface area (Å²) >= 11 is 0. The summed E-state index contributed by atoms with van der Waals surface area (Å²) in [5.41, 5.74) is -0.467. The molecule has 0 radical (unpaired) electrons. The van der Waals surface area contributed by atoms with Crippen LogP contribution in [-0.4, -0.2) is 46.2 Å². The topological polar surface area (TPSA) is 91.8 Å². The summed E-state index contributed by atoms with van der Waals surface area (Å²) in [5.74, 6) is -0.558. The average Bonchev–Trinajstić information content (AvgIpc) is 2.46. The fourth-order valence-corrected chi connectivity index (χ4v) is 1.82. The van der Waals surface area contributed by atoms with Gasteiger partial charge < -0.3 is 20.1 Å². The van der Waals surface area contributed by atoms with Crippen molar-refractivity contribution in [3.05, 3.63) is 23.9 Å². The molecule has 21 heavy (non-hydrogen) atoms. The SMILES string of the molecule is CCN(C(=O)NCc1ccc(OC)nc1)C(C)(C)C(=O)O. The Morgan fingerprint density at radius 2 is 2.10 bits per heavy atom. The van der Waals surface area contributed by atoms with Gasteiger partial charge in [0, 0.05) is 25.4 Å². The zero-order valence-corrected chi connectivity index (χ0v) is 12.7. The fraction of sp³-hybridized carbons (Fsp3) is 0.500. The average molecular weight is 295 g/mol. The molecule has 0 atom stereocenters. The number of carbonyl (C=O) groups excluding carboxylic acids is 1. The Hall–Kier alpha value is -2.31. The molecule has 116 valence electrons. The third-order valence-electron chi connectivity index (χ3n) is 3.21. The molecule has 0 unspecified atom stereocenters. The Bertz CT molecular complexity index is 499. The van der Waals surface area contributed by atoms with Gasteiger partial charge in [0.25, 0.3) is 0 Å². The smallest absolute Gasteiger partial charge is 0.329 e. The van der Waals surface area contributed by atoms with Gasteiger partial charge in [-0.3, -0.25) is 0 Å². The number of hydrogen-bond donors (Lipinski definition) is 2. The Kier molecular flexibility index (Phi) is 5.52. The molecule has 1 aromatic heterocycles. The minimum atomic E-state index is -1.27. The third-order valence-corrected chi connectivity index (χ3v) is 3.21. The van der Waals surface area contributed by atoms with Gasteiger partial charge in [-0.05, 0) is 26.3 Å². The van der Waals surface area contributed by atoms with Crippen LogP contribution in [0, 0.1) is 0 Å². The van der Waals surface area contributed by atoms with Gasteiger partial charge >= 0.3 is 12.0 Å². The number of urea groups is 1. The number of ether oxygens (including phenoxy) is 1. The number of amides is 2. The quantitative estimate of drug-likeness (QED) is 0.829. The molecule has 7 nitrogen and oxygen atoms in total. The van der Waals surface area contributed by atoms with Crippen molar-refractivity contribution >= 4 is 12.0 Å². The van der Waals surface area contributed by atoms with E-state index >= 15 is 0 Å². The Labute approximate surface area is 123 Å². The number of carboxylic acid groups (broad SMARTS) is 1. The number of carbonyl (C=O) groups is 2. The van der Waals surface area contributed by atoms with E-state index in [9.17, 15) is 14.7 Å². The van der Waals surface area contributed by atoms with E-state index in [1.165, 1.54) is 25.9 Å². The van der Waals surface area contributed by atoms with Crippen LogP contribution in [0.5, 0.6) is 5.88 Å². The van der Waals surface area contributed by atoms with E-state index in [0.717, 1.165) is 5.56 Å². The summed E-state index contributed by atoms with van der Waals surface area (Å²) in [5, 5.41) is 11.9. The summed E-state index contributed by atoms with van der Waals surface area (Å²) in [7, 11) is 1.52. The molecule has 0 bridgehead atoms. The lowest BCUT2D eigenvalue weighted by atomic mass is 10.0. The van der Waals surface area contributed by atoms with Gasteiger partial charge in [0.15, 0.2) is 0 Å². The van der Waals surface area contributed by atoms with Gasteiger partial charge in [0.1, 0.15) is 5.54 Å². The fourth-order valence-electron chi connectivity index (χ4n) is 1.82. The molecular formula is C14H21N3O4. The van der Waals surface area contributed by atoms with Gasteiger partial charge in [-0.15, -0.1) is 0 Å². The highest BCUT2D eigenvalue weighted by Gasteiger charge is 2.36.